The molecule has 7 nitrogen and oxygen atoms in total. The van der Waals surface area contributed by atoms with E-state index in [1.165, 1.54) is 0 Å². The van der Waals surface area contributed by atoms with Crippen molar-refractivity contribution in [3.05, 3.63) is 17.0 Å². The molecule has 1 rings (SSSR count). The topological polar surface area (TPSA) is 98.3 Å². The van der Waals surface area contributed by atoms with Gasteiger partial charge in [0.25, 0.3) is 0 Å². The third kappa shape index (κ3) is 4.07. The van der Waals surface area contributed by atoms with Crippen LogP contribution in [0.15, 0.2) is 9.52 Å². The number of hydrogen-bond acceptors (Lipinski definition) is 5. The quantitative estimate of drug-likeness (QED) is 0.224. The zero-order valence-corrected chi connectivity index (χ0v) is 10.9. The van der Waals surface area contributed by atoms with Crippen LogP contribution < -0.4 is 16.0 Å². The van der Waals surface area contributed by atoms with Gasteiger partial charge in [-0.1, -0.05) is 5.16 Å². The molecule has 98 valence electrons. The van der Waals surface area contributed by atoms with Crippen molar-refractivity contribution in [3.8, 4) is 6.19 Å². The van der Waals surface area contributed by atoms with Crippen LogP contribution >= 0.6 is 0 Å². The number of nitriles is 1. The number of aryl methyl sites for hydroxylation is 2. The van der Waals surface area contributed by atoms with Crippen LogP contribution in [0.4, 0.5) is 0 Å². The van der Waals surface area contributed by atoms with Crippen LogP contribution in [0, 0.1) is 25.3 Å². The van der Waals surface area contributed by atoms with Gasteiger partial charge in [-0.3, -0.25) is 10.3 Å². The van der Waals surface area contributed by atoms with Crippen molar-refractivity contribution < 1.29 is 4.52 Å². The Labute approximate surface area is 106 Å². The predicted octanol–water partition coefficient (Wildman–Crippen LogP) is 0.0271. The molecular weight excluding hydrogens is 232 g/mol. The first-order chi connectivity index (χ1) is 8.69. The van der Waals surface area contributed by atoms with Crippen LogP contribution in [0.1, 0.15) is 17.0 Å². The molecule has 1 aromatic rings. The molecule has 18 heavy (non-hydrogen) atoms. The van der Waals surface area contributed by atoms with Gasteiger partial charge in [0.15, 0.2) is 6.19 Å². The lowest BCUT2D eigenvalue weighted by Crippen LogP contribution is -2.32. The van der Waals surface area contributed by atoms with Gasteiger partial charge in [-0.2, -0.15) is 5.26 Å². The monoisotopic (exact) mass is 250 g/mol. The average molecular weight is 250 g/mol. The van der Waals surface area contributed by atoms with E-state index in [4.69, 9.17) is 9.78 Å². The second kappa shape index (κ2) is 7.29. The van der Waals surface area contributed by atoms with Crippen molar-refractivity contribution in [2.24, 2.45) is 4.99 Å². The van der Waals surface area contributed by atoms with Gasteiger partial charge in [-0.25, -0.2) is 0 Å². The zero-order valence-electron chi connectivity index (χ0n) is 10.9. The van der Waals surface area contributed by atoms with Crippen LogP contribution in [0.2, 0.25) is 0 Å². The van der Waals surface area contributed by atoms with Gasteiger partial charge >= 0.3 is 0 Å². The Bertz CT molecular complexity index is 425. The molecule has 0 bridgehead atoms. The van der Waals surface area contributed by atoms with E-state index >= 15 is 0 Å². The first-order valence-electron chi connectivity index (χ1n) is 5.68. The molecule has 0 aliphatic rings. The first-order valence-corrected chi connectivity index (χ1v) is 5.68. The Morgan fingerprint density at radius 2 is 2.28 bits per heavy atom. The maximum atomic E-state index is 8.44. The Morgan fingerprint density at radius 1 is 1.50 bits per heavy atom. The lowest BCUT2D eigenvalue weighted by atomic mass is 10.2. The summed E-state index contributed by atoms with van der Waals surface area (Å²) in [5, 5.41) is 20.8. The second-order valence-corrected chi connectivity index (χ2v) is 3.70. The molecule has 1 heterocycles. The maximum absolute atomic E-state index is 8.44. The summed E-state index contributed by atoms with van der Waals surface area (Å²) in [4.78, 5) is 4.17. The van der Waals surface area contributed by atoms with E-state index in [1.807, 2.05) is 20.0 Å². The minimum Gasteiger partial charge on any atom is -0.361 e. The molecule has 0 atom stereocenters. The summed E-state index contributed by atoms with van der Waals surface area (Å²) >= 11 is 0. The summed E-state index contributed by atoms with van der Waals surface area (Å²) < 4.78 is 5.07. The van der Waals surface area contributed by atoms with E-state index in [0.29, 0.717) is 25.6 Å². The fourth-order valence-electron chi connectivity index (χ4n) is 1.45. The number of aliphatic imine (C=N–C) groups is 1. The molecule has 0 unspecified atom stereocenters. The third-order valence-electron chi connectivity index (χ3n) is 2.45. The normalized spacial score (nSPS) is 11.1. The first kappa shape index (κ1) is 14.0. The number of aromatic nitrogens is 1. The van der Waals surface area contributed by atoms with Gasteiger partial charge in [0.1, 0.15) is 5.76 Å². The van der Waals surface area contributed by atoms with Crippen LogP contribution in [-0.2, 0) is 6.54 Å². The van der Waals surface area contributed by atoms with Gasteiger partial charge in [-0.05, 0) is 13.8 Å². The summed E-state index contributed by atoms with van der Waals surface area (Å²) in [6.07, 6.45) is 1.81. The Kier molecular flexibility index (Phi) is 5.67. The molecule has 0 saturated carbocycles. The number of rotatable bonds is 5. The van der Waals surface area contributed by atoms with Crippen LogP contribution in [0.5, 0.6) is 0 Å². The highest BCUT2D eigenvalue weighted by atomic mass is 16.5. The number of nitrogens with zero attached hydrogens (tertiary/aromatic N) is 3. The van der Waals surface area contributed by atoms with Gasteiger partial charge in [0.05, 0.1) is 12.2 Å². The summed E-state index contributed by atoms with van der Waals surface area (Å²) in [7, 11) is 1.71. The van der Waals surface area contributed by atoms with E-state index in [1.54, 1.807) is 7.05 Å². The smallest absolute Gasteiger partial charge is 0.204 e. The molecule has 0 fully saturated rings. The van der Waals surface area contributed by atoms with E-state index in [0.717, 1.165) is 17.0 Å². The van der Waals surface area contributed by atoms with Gasteiger partial charge in [0.2, 0.25) is 5.96 Å². The summed E-state index contributed by atoms with van der Waals surface area (Å²) in [5.41, 5.74) is 1.99. The van der Waals surface area contributed by atoms with Crippen LogP contribution in [0.25, 0.3) is 0 Å². The molecule has 7 heteroatoms. The molecular formula is C11H18N6O. The Balaban J connectivity index is 2.29. The molecule has 0 aromatic carbocycles. The minimum absolute atomic E-state index is 0.469. The number of nitrogens with one attached hydrogen (secondary N) is 3. The van der Waals surface area contributed by atoms with Crippen molar-refractivity contribution in [2.45, 2.75) is 20.4 Å². The SMILES string of the molecule is CN/C(=N/CCNCc1c(C)noc1C)NC#N. The minimum atomic E-state index is 0.469. The van der Waals surface area contributed by atoms with Crippen molar-refractivity contribution in [3.63, 3.8) is 0 Å². The second-order valence-electron chi connectivity index (χ2n) is 3.70. The fourth-order valence-corrected chi connectivity index (χ4v) is 1.45. The van der Waals surface area contributed by atoms with Crippen molar-refractivity contribution in [2.75, 3.05) is 20.1 Å². The number of guanidine groups is 1. The van der Waals surface area contributed by atoms with Crippen LogP contribution in [-0.4, -0.2) is 31.3 Å². The molecule has 0 aliphatic carbocycles. The zero-order chi connectivity index (χ0) is 13.4. The highest BCUT2D eigenvalue weighted by Crippen LogP contribution is 2.10. The van der Waals surface area contributed by atoms with Crippen molar-refractivity contribution in [1.82, 2.24) is 21.1 Å². The summed E-state index contributed by atoms with van der Waals surface area (Å²) in [6.45, 7) is 5.81. The molecule has 0 saturated heterocycles. The summed E-state index contributed by atoms with van der Waals surface area (Å²) in [5.74, 6) is 1.31. The highest BCUT2D eigenvalue weighted by molar-refractivity contribution is 5.80. The highest BCUT2D eigenvalue weighted by Gasteiger charge is 2.07. The molecule has 0 radical (unpaired) electrons. The Hall–Kier alpha value is -2.07. The largest absolute Gasteiger partial charge is 0.361 e. The lowest BCUT2D eigenvalue weighted by molar-refractivity contribution is 0.392. The van der Waals surface area contributed by atoms with Gasteiger partial charge in [-0.15, -0.1) is 0 Å². The van der Waals surface area contributed by atoms with Gasteiger partial charge < -0.3 is 15.2 Å². The molecule has 0 spiro atoms. The van der Waals surface area contributed by atoms with E-state index in [2.05, 4.69) is 26.1 Å². The van der Waals surface area contributed by atoms with E-state index < -0.39 is 0 Å². The molecule has 3 N–H and O–H groups in total. The molecule has 1 aromatic heterocycles. The lowest BCUT2D eigenvalue weighted by Gasteiger charge is -2.04. The predicted molar refractivity (Wildman–Crippen MR) is 67.8 cm³/mol. The average Bonchev–Trinajstić information content (AvgIpc) is 2.68. The third-order valence-corrected chi connectivity index (χ3v) is 2.45. The van der Waals surface area contributed by atoms with E-state index in [-0.39, 0.29) is 0 Å². The molecule has 0 amide bonds. The van der Waals surface area contributed by atoms with E-state index in [9.17, 15) is 0 Å². The fraction of sp³-hybridized carbons (Fsp3) is 0.545. The summed E-state index contributed by atoms with van der Waals surface area (Å²) in [6, 6.07) is 0. The molecule has 0 aliphatic heterocycles. The van der Waals surface area contributed by atoms with Crippen molar-refractivity contribution in [1.29, 1.82) is 5.26 Å². The number of hydrogen-bond donors (Lipinski definition) is 3. The van der Waals surface area contributed by atoms with Crippen molar-refractivity contribution >= 4 is 5.96 Å². The maximum Gasteiger partial charge on any atom is 0.204 e. The van der Waals surface area contributed by atoms with Crippen LogP contribution in [0.3, 0.4) is 0 Å². The standard InChI is InChI=1S/C11H18N6O/c1-8-10(9(2)18-17-8)6-14-4-5-15-11(13-3)16-7-12/h14H,4-6H2,1-3H3,(H2,13,15,16). The Morgan fingerprint density at radius 3 is 2.83 bits per heavy atom. The van der Waals surface area contributed by atoms with Gasteiger partial charge in [0, 0.05) is 25.7 Å².